The molecule has 0 unspecified atom stereocenters. The quantitative estimate of drug-likeness (QED) is 0.0906. The molecule has 238 valence electrons. The molecule has 0 aromatic heterocycles. The summed E-state index contributed by atoms with van der Waals surface area (Å²) >= 11 is 6.33. The van der Waals surface area contributed by atoms with Gasteiger partial charge in [0.2, 0.25) is 0 Å². The van der Waals surface area contributed by atoms with Gasteiger partial charge in [0.15, 0.2) is 0 Å². The molecule has 0 aliphatic carbocycles. The van der Waals surface area contributed by atoms with Gasteiger partial charge in [0, 0.05) is 0 Å². The summed E-state index contributed by atoms with van der Waals surface area (Å²) < 4.78 is 11.2. The zero-order valence-electron chi connectivity index (χ0n) is 26.3. The molecule has 6 rings (SSSR count). The molecule has 48 heavy (non-hydrogen) atoms. The van der Waals surface area contributed by atoms with Crippen LogP contribution in [0.3, 0.4) is 0 Å². The lowest BCUT2D eigenvalue weighted by Crippen LogP contribution is -2.33. The summed E-state index contributed by atoms with van der Waals surface area (Å²) in [6, 6.07) is 43.0. The Balaban J connectivity index is 1.37. The Morgan fingerprint density at radius 1 is 0.688 bits per heavy atom. The van der Waals surface area contributed by atoms with Crippen molar-refractivity contribution in [2.45, 2.75) is 0 Å². The highest BCUT2D eigenvalue weighted by Crippen LogP contribution is 2.39. The average Bonchev–Trinajstić information content (AvgIpc) is 3.38. The Morgan fingerprint density at radius 2 is 1.12 bits per heavy atom. The van der Waals surface area contributed by atoms with Crippen LogP contribution in [0.2, 0.25) is 0 Å². The second kappa shape index (κ2) is 14.5. The molecule has 8 heteroatoms. The van der Waals surface area contributed by atoms with Crippen molar-refractivity contribution in [1.29, 1.82) is 0 Å². The van der Waals surface area contributed by atoms with E-state index in [1.165, 1.54) is 0 Å². The van der Waals surface area contributed by atoms with Gasteiger partial charge in [0.1, 0.15) is 22.4 Å². The molecule has 1 saturated heterocycles. The molecule has 5 aromatic carbocycles. The van der Waals surface area contributed by atoms with E-state index >= 15 is 0 Å². The molecule has 0 saturated carbocycles. The number of rotatable bonds is 10. The van der Waals surface area contributed by atoms with E-state index in [0.29, 0.717) is 4.91 Å². The number of carbonyl (C=O) groups excluding carboxylic acids is 1. The average molecular weight is 670 g/mol. The Morgan fingerprint density at radius 3 is 1.58 bits per heavy atom. The fourth-order valence-corrected chi connectivity index (χ4v) is 6.81. The van der Waals surface area contributed by atoms with Crippen LogP contribution in [0.5, 0.6) is 11.5 Å². The lowest BCUT2D eigenvalue weighted by atomic mass is 9.85. The summed E-state index contributed by atoms with van der Waals surface area (Å²) in [6.45, 7) is -0.445. The molecule has 1 heterocycles. The Bertz CT molecular complexity index is 1970. The highest BCUT2D eigenvalue weighted by atomic mass is 32.2. The molecule has 1 aliphatic heterocycles. The van der Waals surface area contributed by atoms with Crippen molar-refractivity contribution in [3.8, 4) is 22.6 Å². The highest BCUT2D eigenvalue weighted by molar-refractivity contribution is 8.26. The normalized spacial score (nSPS) is 13.5. The lowest BCUT2D eigenvalue weighted by Gasteiger charge is -2.19. The maximum absolute atomic E-state index is 12.7. The van der Waals surface area contributed by atoms with Crippen molar-refractivity contribution < 1.29 is 24.2 Å². The third-order valence-corrected chi connectivity index (χ3v) is 9.33. The van der Waals surface area contributed by atoms with Gasteiger partial charge in [-0.1, -0.05) is 127 Å². The molecule has 0 spiro atoms. The van der Waals surface area contributed by atoms with Crippen LogP contribution < -0.4 is 9.47 Å². The number of thiocarbonyl (C=S) groups is 1. The molecule has 0 atom stereocenters. The number of ether oxygens (including phenoxy) is 2. The van der Waals surface area contributed by atoms with Crippen LogP contribution in [0, 0.1) is 0 Å². The third-order valence-electron chi connectivity index (χ3n) is 7.95. The zero-order valence-corrected chi connectivity index (χ0v) is 27.9. The standard InChI is InChI=1S/C40H31NO5S2/c1-45-33-20-16-31(17-21-33)38(32-18-22-34(46-2)23-19-32)37(29-6-4-3-5-7-29)30-14-12-28(13-15-30)27-10-8-26(9-11-27)24-35-39(44)41(25-36(42)43)40(47)48-35/h3-24H,25H2,1-2H3,(H,42,43). The lowest BCUT2D eigenvalue weighted by molar-refractivity contribution is -0.140. The number of hydrogen-bond acceptors (Lipinski definition) is 6. The van der Waals surface area contributed by atoms with Crippen molar-refractivity contribution in [2.75, 3.05) is 20.8 Å². The number of amides is 1. The molecule has 6 nitrogen and oxygen atoms in total. The van der Waals surface area contributed by atoms with Crippen molar-refractivity contribution in [2.24, 2.45) is 0 Å². The summed E-state index contributed by atoms with van der Waals surface area (Å²) in [5.41, 5.74) is 9.32. The first kappa shape index (κ1) is 32.5. The SMILES string of the molecule is COc1ccc(C(=C(c2ccccc2)c2ccc(-c3ccc(C=C4SC(=S)N(CC(=O)O)C4=O)cc3)cc2)c2ccc(OC)cc2)cc1. The Kier molecular flexibility index (Phi) is 9.85. The molecular formula is C40H31NO5S2. The van der Waals surface area contributed by atoms with Gasteiger partial charge in [-0.3, -0.25) is 14.5 Å². The van der Waals surface area contributed by atoms with Gasteiger partial charge in [-0.05, 0) is 80.4 Å². The van der Waals surface area contributed by atoms with Crippen LogP contribution in [0.4, 0.5) is 0 Å². The number of carbonyl (C=O) groups is 2. The first-order valence-corrected chi connectivity index (χ1v) is 16.3. The number of methoxy groups -OCH3 is 2. The summed E-state index contributed by atoms with van der Waals surface area (Å²) in [7, 11) is 3.33. The minimum absolute atomic E-state index is 0.247. The van der Waals surface area contributed by atoms with Crippen LogP contribution >= 0.6 is 24.0 Å². The van der Waals surface area contributed by atoms with Crippen molar-refractivity contribution >= 4 is 57.4 Å². The summed E-state index contributed by atoms with van der Waals surface area (Å²) in [6.07, 6.45) is 1.74. The molecule has 0 radical (unpaired) electrons. The van der Waals surface area contributed by atoms with E-state index in [-0.39, 0.29) is 4.32 Å². The second-order valence-electron chi connectivity index (χ2n) is 10.9. The van der Waals surface area contributed by atoms with E-state index < -0.39 is 18.4 Å². The van der Waals surface area contributed by atoms with Crippen molar-refractivity contribution in [3.63, 3.8) is 0 Å². The monoisotopic (exact) mass is 669 g/mol. The fourth-order valence-electron chi connectivity index (χ4n) is 5.55. The van der Waals surface area contributed by atoms with E-state index in [2.05, 4.69) is 72.8 Å². The minimum atomic E-state index is -1.10. The van der Waals surface area contributed by atoms with E-state index in [1.54, 1.807) is 20.3 Å². The van der Waals surface area contributed by atoms with E-state index in [9.17, 15) is 9.59 Å². The topological polar surface area (TPSA) is 76.1 Å². The van der Waals surface area contributed by atoms with Gasteiger partial charge >= 0.3 is 5.97 Å². The number of nitrogens with zero attached hydrogens (tertiary/aromatic N) is 1. The largest absolute Gasteiger partial charge is 0.497 e. The van der Waals surface area contributed by atoms with E-state index in [1.807, 2.05) is 54.6 Å². The number of aliphatic carboxylic acids is 1. The molecule has 5 aromatic rings. The first-order valence-electron chi connectivity index (χ1n) is 15.1. The van der Waals surface area contributed by atoms with Gasteiger partial charge in [0.05, 0.1) is 19.1 Å². The fraction of sp³-hybridized carbons (Fsp3) is 0.0750. The van der Waals surface area contributed by atoms with Gasteiger partial charge < -0.3 is 14.6 Å². The zero-order chi connectivity index (χ0) is 33.6. The van der Waals surface area contributed by atoms with Crippen LogP contribution in [-0.4, -0.2) is 47.0 Å². The summed E-state index contributed by atoms with van der Waals surface area (Å²) in [5, 5.41) is 9.10. The van der Waals surface area contributed by atoms with Crippen molar-refractivity contribution in [3.05, 3.63) is 160 Å². The van der Waals surface area contributed by atoms with Crippen LogP contribution in [0.25, 0.3) is 28.3 Å². The highest BCUT2D eigenvalue weighted by Gasteiger charge is 2.33. The smallest absolute Gasteiger partial charge is 0.323 e. The second-order valence-corrected chi connectivity index (χ2v) is 12.6. The van der Waals surface area contributed by atoms with Gasteiger partial charge in [-0.25, -0.2) is 0 Å². The van der Waals surface area contributed by atoms with Gasteiger partial charge in [-0.2, -0.15) is 0 Å². The van der Waals surface area contributed by atoms with E-state index in [0.717, 1.165) is 78.3 Å². The number of carboxylic acids is 1. The maximum Gasteiger partial charge on any atom is 0.323 e. The number of hydrogen-bond donors (Lipinski definition) is 1. The van der Waals surface area contributed by atoms with Gasteiger partial charge in [-0.15, -0.1) is 0 Å². The number of benzene rings is 5. The van der Waals surface area contributed by atoms with Crippen LogP contribution in [0.1, 0.15) is 27.8 Å². The predicted octanol–water partition coefficient (Wildman–Crippen LogP) is 8.66. The maximum atomic E-state index is 12.7. The van der Waals surface area contributed by atoms with Crippen LogP contribution in [-0.2, 0) is 9.59 Å². The molecule has 1 amide bonds. The Hall–Kier alpha value is -5.44. The Labute approximate surface area is 289 Å². The molecule has 1 N–H and O–H groups in total. The van der Waals surface area contributed by atoms with Crippen LogP contribution in [0.15, 0.2) is 132 Å². The van der Waals surface area contributed by atoms with Gasteiger partial charge in [0.25, 0.3) is 5.91 Å². The minimum Gasteiger partial charge on any atom is -0.497 e. The first-order chi connectivity index (χ1) is 23.3. The summed E-state index contributed by atoms with van der Waals surface area (Å²) in [4.78, 5) is 25.3. The molecule has 1 aliphatic rings. The third kappa shape index (κ3) is 7.10. The molecule has 1 fully saturated rings. The predicted molar refractivity (Wildman–Crippen MR) is 197 cm³/mol. The number of carboxylic acid groups (broad SMARTS) is 1. The van der Waals surface area contributed by atoms with Crippen molar-refractivity contribution in [1.82, 2.24) is 4.90 Å². The molecular weight excluding hydrogens is 639 g/mol. The summed E-state index contributed by atoms with van der Waals surface area (Å²) in [5.74, 6) is 0.0840. The van der Waals surface area contributed by atoms with E-state index in [4.69, 9.17) is 26.8 Å². The number of thioether (sulfide) groups is 1. The molecule has 0 bridgehead atoms.